The monoisotopic (exact) mass is 671 g/mol. The fraction of sp³-hybridized carbons (Fsp3) is 0.344. The van der Waals surface area contributed by atoms with E-state index in [1.54, 1.807) is 42.6 Å². The number of hydrogen-bond acceptors (Lipinski definition) is 11. The van der Waals surface area contributed by atoms with Gasteiger partial charge in [-0.05, 0) is 31.3 Å². The summed E-state index contributed by atoms with van der Waals surface area (Å²) in [6.07, 6.45) is 2.95. The van der Waals surface area contributed by atoms with Gasteiger partial charge in [-0.15, -0.1) is 0 Å². The summed E-state index contributed by atoms with van der Waals surface area (Å²) in [5, 5.41) is 18.6. The number of ether oxygens (including phenoxy) is 3. The Hall–Kier alpha value is -4.39. The highest BCUT2D eigenvalue weighted by atomic mass is 35.5. The summed E-state index contributed by atoms with van der Waals surface area (Å²) in [6.45, 7) is 10.4. The zero-order chi connectivity index (χ0) is 33.8. The van der Waals surface area contributed by atoms with Crippen molar-refractivity contribution >= 4 is 51.9 Å². The molecule has 1 saturated heterocycles. The Morgan fingerprint density at radius 1 is 0.957 bits per heavy atom. The van der Waals surface area contributed by atoms with Crippen molar-refractivity contribution in [2.24, 2.45) is 5.92 Å². The van der Waals surface area contributed by atoms with Crippen molar-refractivity contribution in [1.82, 2.24) is 19.9 Å². The highest BCUT2D eigenvalue weighted by Crippen LogP contribution is 2.46. The fourth-order valence-electron chi connectivity index (χ4n) is 4.54. The van der Waals surface area contributed by atoms with Crippen LogP contribution in [-0.2, 0) is 0 Å². The van der Waals surface area contributed by atoms with Crippen molar-refractivity contribution in [2.75, 3.05) is 51.6 Å². The van der Waals surface area contributed by atoms with Crippen molar-refractivity contribution in [3.63, 3.8) is 0 Å². The second-order valence-corrected chi connectivity index (χ2v) is 10.3. The summed E-state index contributed by atoms with van der Waals surface area (Å²) in [4.78, 5) is 26.7. The highest BCUT2D eigenvalue weighted by Gasteiger charge is 2.24. The van der Waals surface area contributed by atoms with Crippen LogP contribution in [0.25, 0.3) is 11.3 Å². The maximum absolute atomic E-state index is 11.9. The number of nitrogens with one attached hydrogen (secondary N) is 2. The van der Waals surface area contributed by atoms with E-state index in [0.29, 0.717) is 58.4 Å². The number of rotatable bonds is 11. The first-order chi connectivity index (χ1) is 22.3. The maximum atomic E-state index is 11.9. The summed E-state index contributed by atoms with van der Waals surface area (Å²) in [6, 6.07) is 11.5. The molecule has 1 aliphatic heterocycles. The fourth-order valence-corrected chi connectivity index (χ4v) is 5.14. The van der Waals surface area contributed by atoms with Crippen molar-refractivity contribution < 1.29 is 19.1 Å². The molecule has 0 atom stereocenters. The summed E-state index contributed by atoms with van der Waals surface area (Å²) in [5.41, 5.74) is 1.53. The van der Waals surface area contributed by atoms with E-state index >= 15 is 0 Å². The third-order valence-electron chi connectivity index (χ3n) is 6.62. The van der Waals surface area contributed by atoms with Gasteiger partial charge in [-0.3, -0.25) is 10.1 Å². The third kappa shape index (κ3) is 8.65. The molecule has 0 unspecified atom stereocenters. The molecule has 1 aliphatic rings. The Bertz CT molecular complexity index is 1590. The molecule has 46 heavy (non-hydrogen) atoms. The number of aromatic nitrogens is 3. The molecule has 4 aromatic rings. The molecule has 246 valence electrons. The molecule has 0 amide bonds. The first kappa shape index (κ1) is 36.1. The standard InChI is InChI=1S/C28H27Cl2N7O5.2C2H6/c1-36-12-16(13-36)14-42-17-6-7-19(21(9-17)37(38)39)34-24-10-20(32-15-33-24)18-5-4-8-31-28(18)35-27-25(29)22(40-2)11-23(41-3)26(27)30;2*1-2/h4-11,15-16H,12-14H2,1-3H3,(H,31,35)(H,32,33,34);2*1-2H3. The van der Waals surface area contributed by atoms with Crippen LogP contribution in [0.5, 0.6) is 17.2 Å². The van der Waals surface area contributed by atoms with E-state index in [2.05, 4.69) is 30.5 Å². The molecule has 2 aromatic heterocycles. The minimum absolute atomic E-state index is 0.140. The molecule has 0 spiro atoms. The van der Waals surface area contributed by atoms with Crippen LogP contribution in [0.3, 0.4) is 0 Å². The zero-order valence-electron chi connectivity index (χ0n) is 26.9. The molecule has 0 radical (unpaired) electrons. The average molecular weight is 673 g/mol. The SMILES string of the molecule is CC.CC.COc1cc(OC)c(Cl)c(Nc2ncccc2-c2cc(Nc3ccc(OCC4CN(C)C4)cc3[N+](=O)[O-])ncn2)c1Cl. The van der Waals surface area contributed by atoms with E-state index in [4.69, 9.17) is 37.4 Å². The molecular formula is C32H39Cl2N7O5. The molecule has 2 N–H and O–H groups in total. The molecule has 0 bridgehead atoms. The summed E-state index contributed by atoms with van der Waals surface area (Å²) >= 11 is 13.1. The first-order valence-electron chi connectivity index (χ1n) is 14.8. The lowest BCUT2D eigenvalue weighted by atomic mass is 10.0. The number of nitrogens with zero attached hydrogens (tertiary/aromatic N) is 5. The lowest BCUT2D eigenvalue weighted by Gasteiger charge is -2.35. The Balaban J connectivity index is 0.00000139. The Morgan fingerprint density at radius 3 is 2.24 bits per heavy atom. The average Bonchev–Trinajstić information content (AvgIpc) is 3.07. The largest absolute Gasteiger partial charge is 0.495 e. The number of pyridine rings is 1. The quantitative estimate of drug-likeness (QED) is 0.118. The Kier molecular flexibility index (Phi) is 13.6. The first-order valence-corrected chi connectivity index (χ1v) is 15.5. The normalized spacial score (nSPS) is 12.4. The van der Waals surface area contributed by atoms with E-state index in [0.717, 1.165) is 13.1 Å². The number of benzene rings is 2. The molecule has 5 rings (SSSR count). The number of likely N-dealkylation sites (tertiary alicyclic amines) is 1. The number of halogens is 2. The number of methoxy groups -OCH3 is 2. The van der Waals surface area contributed by atoms with Gasteiger partial charge in [-0.1, -0.05) is 50.9 Å². The molecule has 3 heterocycles. The van der Waals surface area contributed by atoms with Crippen molar-refractivity contribution in [3.8, 4) is 28.5 Å². The number of nitro benzene ring substituents is 1. The molecule has 0 saturated carbocycles. The van der Waals surface area contributed by atoms with E-state index in [1.807, 2.05) is 34.7 Å². The topological polar surface area (TPSA) is 137 Å². The molecule has 1 fully saturated rings. The van der Waals surface area contributed by atoms with Crippen LogP contribution in [0.1, 0.15) is 27.7 Å². The molecule has 0 aliphatic carbocycles. The summed E-state index contributed by atoms with van der Waals surface area (Å²) in [7, 11) is 5.01. The predicted octanol–water partition coefficient (Wildman–Crippen LogP) is 8.25. The van der Waals surface area contributed by atoms with Crippen LogP contribution in [0.2, 0.25) is 10.0 Å². The lowest BCUT2D eigenvalue weighted by molar-refractivity contribution is -0.384. The van der Waals surface area contributed by atoms with Gasteiger partial charge < -0.3 is 29.7 Å². The van der Waals surface area contributed by atoms with Crippen LogP contribution >= 0.6 is 23.2 Å². The molecular weight excluding hydrogens is 633 g/mol. The van der Waals surface area contributed by atoms with Gasteiger partial charge >= 0.3 is 0 Å². The van der Waals surface area contributed by atoms with Crippen molar-refractivity contribution in [1.29, 1.82) is 0 Å². The van der Waals surface area contributed by atoms with E-state index in [-0.39, 0.29) is 21.4 Å². The van der Waals surface area contributed by atoms with Crippen molar-refractivity contribution in [2.45, 2.75) is 27.7 Å². The van der Waals surface area contributed by atoms with Crippen LogP contribution in [0, 0.1) is 16.0 Å². The van der Waals surface area contributed by atoms with Gasteiger partial charge in [0.1, 0.15) is 50.9 Å². The number of hydrogen-bond donors (Lipinski definition) is 2. The van der Waals surface area contributed by atoms with Gasteiger partial charge in [0.05, 0.1) is 43.2 Å². The van der Waals surface area contributed by atoms with Gasteiger partial charge in [0, 0.05) is 42.9 Å². The van der Waals surface area contributed by atoms with Crippen LogP contribution < -0.4 is 24.8 Å². The third-order valence-corrected chi connectivity index (χ3v) is 7.37. The van der Waals surface area contributed by atoms with Gasteiger partial charge in [0.15, 0.2) is 0 Å². The second-order valence-electron chi connectivity index (χ2n) is 9.56. The van der Waals surface area contributed by atoms with E-state index < -0.39 is 4.92 Å². The Labute approximate surface area is 279 Å². The smallest absolute Gasteiger partial charge is 0.296 e. The Morgan fingerprint density at radius 2 is 1.63 bits per heavy atom. The van der Waals surface area contributed by atoms with Crippen LogP contribution in [-0.4, -0.2) is 65.7 Å². The second kappa shape index (κ2) is 17.3. The minimum atomic E-state index is -0.465. The van der Waals surface area contributed by atoms with Gasteiger partial charge in [0.2, 0.25) is 0 Å². The summed E-state index contributed by atoms with van der Waals surface area (Å²) < 4.78 is 16.5. The number of anilines is 4. The van der Waals surface area contributed by atoms with E-state index in [1.165, 1.54) is 26.6 Å². The summed E-state index contributed by atoms with van der Waals surface area (Å²) in [5.74, 6) is 2.30. The number of nitro groups is 1. The maximum Gasteiger partial charge on any atom is 0.296 e. The lowest BCUT2D eigenvalue weighted by Crippen LogP contribution is -2.46. The van der Waals surface area contributed by atoms with Crippen LogP contribution in [0.15, 0.2) is 55.0 Å². The zero-order valence-corrected chi connectivity index (χ0v) is 28.4. The molecule has 2 aromatic carbocycles. The van der Waals surface area contributed by atoms with Gasteiger partial charge in [-0.2, -0.15) is 0 Å². The van der Waals surface area contributed by atoms with Crippen LogP contribution in [0.4, 0.5) is 28.7 Å². The van der Waals surface area contributed by atoms with Gasteiger partial charge in [-0.25, -0.2) is 15.0 Å². The van der Waals surface area contributed by atoms with Gasteiger partial charge in [0.25, 0.3) is 5.69 Å². The molecule has 12 nitrogen and oxygen atoms in total. The molecule has 14 heteroatoms. The minimum Gasteiger partial charge on any atom is -0.495 e. The van der Waals surface area contributed by atoms with Crippen molar-refractivity contribution in [3.05, 3.63) is 75.1 Å². The highest BCUT2D eigenvalue weighted by molar-refractivity contribution is 6.41. The predicted molar refractivity (Wildman–Crippen MR) is 184 cm³/mol. The van der Waals surface area contributed by atoms with E-state index in [9.17, 15) is 10.1 Å².